The van der Waals surface area contributed by atoms with Gasteiger partial charge in [-0.15, -0.1) is 0 Å². The SMILES string of the molecule is CCN(C(=O)Cc1nc(-c2cccnc2)oc1C)C1CCS(=O)(=O)C1. The average molecular weight is 363 g/mol. The minimum atomic E-state index is -3.03. The number of sulfone groups is 1. The summed E-state index contributed by atoms with van der Waals surface area (Å²) in [7, 11) is -3.03. The van der Waals surface area contributed by atoms with Crippen LogP contribution in [0.2, 0.25) is 0 Å². The van der Waals surface area contributed by atoms with Crippen LogP contribution < -0.4 is 0 Å². The van der Waals surface area contributed by atoms with Crippen molar-refractivity contribution in [3.8, 4) is 11.5 Å². The van der Waals surface area contributed by atoms with Gasteiger partial charge >= 0.3 is 0 Å². The first kappa shape index (κ1) is 17.6. The van der Waals surface area contributed by atoms with E-state index in [0.717, 1.165) is 5.56 Å². The number of carbonyl (C=O) groups excluding carboxylic acids is 1. The summed E-state index contributed by atoms with van der Waals surface area (Å²) in [6, 6.07) is 3.39. The highest BCUT2D eigenvalue weighted by atomic mass is 32.2. The fraction of sp³-hybridized carbons (Fsp3) is 0.471. The number of pyridine rings is 1. The average Bonchev–Trinajstić information content (AvgIpc) is 3.12. The Balaban J connectivity index is 1.75. The summed E-state index contributed by atoms with van der Waals surface area (Å²) >= 11 is 0. The standard InChI is InChI=1S/C17H21N3O4S/c1-3-20(14-6-8-25(22,23)11-14)16(21)9-15-12(2)24-17(19-15)13-5-4-7-18-10-13/h4-5,7,10,14H,3,6,8-9,11H2,1-2H3. The lowest BCUT2D eigenvalue weighted by Gasteiger charge is -2.26. The van der Waals surface area contributed by atoms with E-state index in [-0.39, 0.29) is 29.9 Å². The summed E-state index contributed by atoms with van der Waals surface area (Å²) in [5, 5.41) is 0. The monoisotopic (exact) mass is 363 g/mol. The highest BCUT2D eigenvalue weighted by molar-refractivity contribution is 7.91. The van der Waals surface area contributed by atoms with Crippen LogP contribution in [0.4, 0.5) is 0 Å². The number of oxazole rings is 1. The predicted molar refractivity (Wildman–Crippen MR) is 92.6 cm³/mol. The Morgan fingerprint density at radius 3 is 2.84 bits per heavy atom. The van der Waals surface area contributed by atoms with E-state index in [1.54, 1.807) is 30.3 Å². The molecule has 25 heavy (non-hydrogen) atoms. The third kappa shape index (κ3) is 3.89. The maximum absolute atomic E-state index is 12.7. The Labute approximate surface area is 147 Å². The normalized spacial score (nSPS) is 19.0. The second-order valence-electron chi connectivity index (χ2n) is 6.18. The minimum absolute atomic E-state index is 0.0469. The van der Waals surface area contributed by atoms with Crippen LogP contribution in [-0.2, 0) is 21.1 Å². The smallest absolute Gasteiger partial charge is 0.228 e. The maximum Gasteiger partial charge on any atom is 0.228 e. The molecule has 1 fully saturated rings. The molecule has 0 bridgehead atoms. The summed E-state index contributed by atoms with van der Waals surface area (Å²) < 4.78 is 29.0. The molecule has 1 amide bonds. The van der Waals surface area contributed by atoms with Crippen LogP contribution >= 0.6 is 0 Å². The molecular weight excluding hydrogens is 342 g/mol. The zero-order valence-corrected chi connectivity index (χ0v) is 15.1. The van der Waals surface area contributed by atoms with Gasteiger partial charge in [0, 0.05) is 25.0 Å². The van der Waals surface area contributed by atoms with Crippen molar-refractivity contribution in [1.82, 2.24) is 14.9 Å². The molecule has 0 aliphatic carbocycles. The number of nitrogens with zero attached hydrogens (tertiary/aromatic N) is 3. The van der Waals surface area contributed by atoms with E-state index in [1.807, 2.05) is 13.0 Å². The quantitative estimate of drug-likeness (QED) is 0.801. The first-order chi connectivity index (χ1) is 11.9. The molecule has 0 aromatic carbocycles. The molecule has 1 atom stereocenters. The second kappa shape index (κ2) is 6.95. The number of carbonyl (C=O) groups is 1. The van der Waals surface area contributed by atoms with Crippen molar-refractivity contribution < 1.29 is 17.6 Å². The van der Waals surface area contributed by atoms with Crippen LogP contribution in [0.1, 0.15) is 24.8 Å². The van der Waals surface area contributed by atoms with Crippen LogP contribution in [0.3, 0.4) is 0 Å². The van der Waals surface area contributed by atoms with Crippen molar-refractivity contribution in [3.63, 3.8) is 0 Å². The summed E-state index contributed by atoms with van der Waals surface area (Å²) in [5.41, 5.74) is 1.32. The van der Waals surface area contributed by atoms with Crippen molar-refractivity contribution in [3.05, 3.63) is 36.0 Å². The van der Waals surface area contributed by atoms with Gasteiger partial charge in [-0.1, -0.05) is 0 Å². The summed E-state index contributed by atoms with van der Waals surface area (Å²) in [4.78, 5) is 22.8. The Morgan fingerprint density at radius 1 is 1.44 bits per heavy atom. The summed E-state index contributed by atoms with van der Waals surface area (Å²) in [6.45, 7) is 4.11. The Kier molecular flexibility index (Phi) is 4.89. The number of hydrogen-bond acceptors (Lipinski definition) is 6. The van der Waals surface area contributed by atoms with E-state index in [9.17, 15) is 13.2 Å². The Hall–Kier alpha value is -2.22. The molecule has 1 aliphatic rings. The van der Waals surface area contributed by atoms with Gasteiger partial charge in [-0.05, 0) is 32.4 Å². The van der Waals surface area contributed by atoms with E-state index in [1.165, 1.54) is 0 Å². The van der Waals surface area contributed by atoms with Crippen LogP contribution in [0.5, 0.6) is 0 Å². The largest absolute Gasteiger partial charge is 0.441 e. The zero-order chi connectivity index (χ0) is 18.0. The fourth-order valence-electron chi connectivity index (χ4n) is 3.11. The lowest BCUT2D eigenvalue weighted by molar-refractivity contribution is -0.132. The Morgan fingerprint density at radius 2 is 2.24 bits per heavy atom. The van der Waals surface area contributed by atoms with Gasteiger partial charge in [-0.2, -0.15) is 0 Å². The second-order valence-corrected chi connectivity index (χ2v) is 8.41. The van der Waals surface area contributed by atoms with E-state index >= 15 is 0 Å². The molecule has 8 heteroatoms. The topological polar surface area (TPSA) is 93.4 Å². The molecule has 3 heterocycles. The van der Waals surface area contributed by atoms with Crippen molar-refractivity contribution in [2.75, 3.05) is 18.1 Å². The molecule has 7 nitrogen and oxygen atoms in total. The molecule has 0 radical (unpaired) electrons. The molecule has 2 aromatic heterocycles. The Bertz CT molecular complexity index is 861. The number of hydrogen-bond donors (Lipinski definition) is 0. The van der Waals surface area contributed by atoms with Gasteiger partial charge in [0.15, 0.2) is 9.84 Å². The molecule has 2 aromatic rings. The van der Waals surface area contributed by atoms with Crippen LogP contribution in [0.25, 0.3) is 11.5 Å². The van der Waals surface area contributed by atoms with E-state index in [4.69, 9.17) is 4.42 Å². The van der Waals surface area contributed by atoms with E-state index in [0.29, 0.717) is 30.3 Å². The first-order valence-electron chi connectivity index (χ1n) is 8.26. The molecule has 0 spiro atoms. The van der Waals surface area contributed by atoms with Crippen LogP contribution in [0.15, 0.2) is 28.9 Å². The molecule has 3 rings (SSSR count). The fourth-order valence-corrected chi connectivity index (χ4v) is 4.84. The van der Waals surface area contributed by atoms with Gasteiger partial charge in [0.1, 0.15) is 5.76 Å². The molecular formula is C17H21N3O4S. The van der Waals surface area contributed by atoms with Gasteiger partial charge < -0.3 is 9.32 Å². The highest BCUT2D eigenvalue weighted by Crippen LogP contribution is 2.23. The molecule has 1 saturated heterocycles. The lowest BCUT2D eigenvalue weighted by atomic mass is 10.2. The number of aromatic nitrogens is 2. The van der Waals surface area contributed by atoms with Gasteiger partial charge in [0.05, 0.1) is 29.2 Å². The summed E-state index contributed by atoms with van der Waals surface area (Å²) in [6.07, 6.45) is 3.91. The van der Waals surface area contributed by atoms with E-state index in [2.05, 4.69) is 9.97 Å². The van der Waals surface area contributed by atoms with Crippen molar-refractivity contribution in [2.45, 2.75) is 32.7 Å². The molecule has 1 unspecified atom stereocenters. The molecule has 1 aliphatic heterocycles. The maximum atomic E-state index is 12.7. The number of likely N-dealkylation sites (N-methyl/N-ethyl adjacent to an activating group) is 1. The predicted octanol–water partition coefficient (Wildman–Crippen LogP) is 1.62. The first-order valence-corrected chi connectivity index (χ1v) is 10.1. The summed E-state index contributed by atoms with van der Waals surface area (Å²) in [5.74, 6) is 1.09. The van der Waals surface area contributed by atoms with Crippen molar-refractivity contribution >= 4 is 15.7 Å². The van der Waals surface area contributed by atoms with Crippen molar-refractivity contribution in [1.29, 1.82) is 0 Å². The number of rotatable bonds is 5. The molecule has 0 N–H and O–H groups in total. The van der Waals surface area contributed by atoms with Gasteiger partial charge in [0.25, 0.3) is 0 Å². The molecule has 0 saturated carbocycles. The van der Waals surface area contributed by atoms with Gasteiger partial charge in [0.2, 0.25) is 11.8 Å². The number of aryl methyl sites for hydroxylation is 1. The van der Waals surface area contributed by atoms with E-state index < -0.39 is 9.84 Å². The highest BCUT2D eigenvalue weighted by Gasteiger charge is 2.34. The third-order valence-electron chi connectivity index (χ3n) is 4.43. The van der Waals surface area contributed by atoms with Crippen molar-refractivity contribution in [2.24, 2.45) is 0 Å². The van der Waals surface area contributed by atoms with Gasteiger partial charge in [-0.25, -0.2) is 13.4 Å². The zero-order valence-electron chi connectivity index (χ0n) is 14.3. The number of amides is 1. The third-order valence-corrected chi connectivity index (χ3v) is 6.18. The van der Waals surface area contributed by atoms with Crippen LogP contribution in [-0.4, -0.2) is 53.3 Å². The van der Waals surface area contributed by atoms with Crippen LogP contribution in [0, 0.1) is 6.92 Å². The van der Waals surface area contributed by atoms with Gasteiger partial charge in [-0.3, -0.25) is 9.78 Å². The lowest BCUT2D eigenvalue weighted by Crippen LogP contribution is -2.41. The minimum Gasteiger partial charge on any atom is -0.441 e. The molecule has 134 valence electrons.